The summed E-state index contributed by atoms with van der Waals surface area (Å²) < 4.78 is 0. The van der Waals surface area contributed by atoms with E-state index in [4.69, 9.17) is 16.7 Å². The molecule has 20 heavy (non-hydrogen) atoms. The van der Waals surface area contributed by atoms with Crippen molar-refractivity contribution in [1.82, 2.24) is 5.32 Å². The van der Waals surface area contributed by atoms with Gasteiger partial charge in [0.15, 0.2) is 0 Å². The Balaban J connectivity index is 2.90. The molecule has 0 fully saturated rings. The van der Waals surface area contributed by atoms with Gasteiger partial charge in [0.2, 0.25) is 5.91 Å². The minimum Gasteiger partial charge on any atom is -0.480 e. The lowest BCUT2D eigenvalue weighted by Crippen LogP contribution is -2.41. The molecule has 0 aliphatic rings. The summed E-state index contributed by atoms with van der Waals surface area (Å²) in [5.74, 6) is -1.78. The molecule has 0 bridgehead atoms. The number of rotatable bonds is 6. The van der Waals surface area contributed by atoms with Gasteiger partial charge in [-0.1, -0.05) is 17.7 Å². The maximum absolute atomic E-state index is 11.0. The van der Waals surface area contributed by atoms with Crippen molar-refractivity contribution in [3.63, 3.8) is 0 Å². The SMILES string of the molecule is CC(=O)N[C@@H](CSc1c(Cl)cccc1[N+](=O)[O-])C(=O)O. The van der Waals surface area contributed by atoms with Crippen LogP contribution in [-0.2, 0) is 9.59 Å². The first-order chi connectivity index (χ1) is 9.32. The van der Waals surface area contributed by atoms with Crippen molar-refractivity contribution in [3.8, 4) is 0 Å². The Bertz CT molecular complexity index is 552. The lowest BCUT2D eigenvalue weighted by atomic mass is 10.3. The number of amides is 1. The van der Waals surface area contributed by atoms with Gasteiger partial charge in [-0.2, -0.15) is 0 Å². The molecule has 0 radical (unpaired) electrons. The van der Waals surface area contributed by atoms with E-state index in [1.165, 1.54) is 25.1 Å². The molecule has 7 nitrogen and oxygen atoms in total. The number of thioether (sulfide) groups is 1. The van der Waals surface area contributed by atoms with Crippen LogP contribution in [0.4, 0.5) is 5.69 Å². The van der Waals surface area contributed by atoms with Crippen LogP contribution in [0.2, 0.25) is 5.02 Å². The Morgan fingerprint density at radius 2 is 2.20 bits per heavy atom. The largest absolute Gasteiger partial charge is 0.480 e. The Morgan fingerprint density at radius 3 is 2.70 bits per heavy atom. The number of hydrogen-bond donors (Lipinski definition) is 2. The maximum Gasteiger partial charge on any atom is 0.327 e. The molecule has 1 amide bonds. The summed E-state index contributed by atoms with van der Waals surface area (Å²) in [6.45, 7) is 1.19. The van der Waals surface area contributed by atoms with E-state index in [1.54, 1.807) is 0 Å². The third kappa shape index (κ3) is 4.39. The zero-order valence-electron chi connectivity index (χ0n) is 10.3. The summed E-state index contributed by atoms with van der Waals surface area (Å²) in [7, 11) is 0. The summed E-state index contributed by atoms with van der Waals surface area (Å²) in [5.41, 5.74) is -0.200. The van der Waals surface area contributed by atoms with Gasteiger partial charge in [0.05, 0.1) is 9.95 Å². The summed E-state index contributed by atoms with van der Waals surface area (Å²) in [6, 6.07) is 3.05. The first-order valence-electron chi connectivity index (χ1n) is 5.38. The van der Waals surface area contributed by atoms with Gasteiger partial charge in [-0.25, -0.2) is 4.79 Å². The van der Waals surface area contributed by atoms with Crippen LogP contribution < -0.4 is 5.32 Å². The van der Waals surface area contributed by atoms with Crippen LogP contribution in [-0.4, -0.2) is 33.7 Å². The molecule has 1 rings (SSSR count). The molecule has 1 aromatic rings. The van der Waals surface area contributed by atoms with E-state index in [2.05, 4.69) is 5.32 Å². The second-order valence-electron chi connectivity index (χ2n) is 3.75. The molecule has 108 valence electrons. The van der Waals surface area contributed by atoms with Crippen LogP contribution in [0.3, 0.4) is 0 Å². The van der Waals surface area contributed by atoms with Gasteiger partial charge in [0.1, 0.15) is 10.9 Å². The number of nitro groups is 1. The van der Waals surface area contributed by atoms with Gasteiger partial charge in [0, 0.05) is 18.7 Å². The molecule has 0 spiro atoms. The Kier molecular flexibility index (Phi) is 5.78. The molecule has 0 saturated carbocycles. The molecule has 2 N–H and O–H groups in total. The van der Waals surface area contributed by atoms with Gasteiger partial charge in [-0.05, 0) is 6.07 Å². The average Bonchev–Trinajstić information content (AvgIpc) is 2.34. The van der Waals surface area contributed by atoms with E-state index < -0.39 is 22.8 Å². The number of halogens is 1. The van der Waals surface area contributed by atoms with Crippen molar-refractivity contribution in [3.05, 3.63) is 33.3 Å². The lowest BCUT2D eigenvalue weighted by Gasteiger charge is -2.13. The summed E-state index contributed by atoms with van der Waals surface area (Å²) in [5, 5.41) is 22.2. The van der Waals surface area contributed by atoms with Crippen LogP contribution in [0, 0.1) is 10.1 Å². The number of aliphatic carboxylic acids is 1. The lowest BCUT2D eigenvalue weighted by molar-refractivity contribution is -0.387. The van der Waals surface area contributed by atoms with Crippen LogP contribution in [0.5, 0.6) is 0 Å². The average molecular weight is 319 g/mol. The fourth-order valence-corrected chi connectivity index (χ4v) is 2.76. The van der Waals surface area contributed by atoms with E-state index in [-0.39, 0.29) is 21.4 Å². The quantitative estimate of drug-likeness (QED) is 0.471. The molecule has 0 aliphatic carbocycles. The third-order valence-electron chi connectivity index (χ3n) is 2.21. The predicted molar refractivity (Wildman–Crippen MR) is 74.1 cm³/mol. The minimum atomic E-state index is -1.22. The molecule has 1 atom stereocenters. The Labute approximate surface area is 123 Å². The minimum absolute atomic E-state index is 0.0700. The standard InChI is InChI=1S/C11H11ClN2O5S/c1-6(15)13-8(11(16)17)5-20-10-7(12)3-2-4-9(10)14(18)19/h2-4,8H,5H2,1H3,(H,13,15)(H,16,17)/t8-/m0/s1. The molecular formula is C11H11ClN2O5S. The number of carboxylic acids is 1. The zero-order valence-corrected chi connectivity index (χ0v) is 11.9. The van der Waals surface area contributed by atoms with Crippen molar-refractivity contribution in [2.24, 2.45) is 0 Å². The van der Waals surface area contributed by atoms with Crippen molar-refractivity contribution in [1.29, 1.82) is 0 Å². The van der Waals surface area contributed by atoms with Gasteiger partial charge in [-0.15, -0.1) is 11.8 Å². The molecule has 9 heteroatoms. The topological polar surface area (TPSA) is 110 Å². The van der Waals surface area contributed by atoms with Gasteiger partial charge >= 0.3 is 5.97 Å². The van der Waals surface area contributed by atoms with E-state index in [0.717, 1.165) is 11.8 Å². The normalized spacial score (nSPS) is 11.7. The highest BCUT2D eigenvalue weighted by molar-refractivity contribution is 7.99. The number of hydrogen-bond acceptors (Lipinski definition) is 5. The highest BCUT2D eigenvalue weighted by Gasteiger charge is 2.23. The monoisotopic (exact) mass is 318 g/mol. The highest BCUT2D eigenvalue weighted by Crippen LogP contribution is 2.35. The van der Waals surface area contributed by atoms with Gasteiger partial charge < -0.3 is 10.4 Å². The molecular weight excluding hydrogens is 308 g/mol. The van der Waals surface area contributed by atoms with E-state index >= 15 is 0 Å². The molecule has 1 aromatic carbocycles. The summed E-state index contributed by atoms with van der Waals surface area (Å²) >= 11 is 6.79. The maximum atomic E-state index is 11.0. The molecule has 0 saturated heterocycles. The first kappa shape index (κ1) is 16.3. The van der Waals surface area contributed by atoms with Crippen molar-refractivity contribution in [2.45, 2.75) is 17.9 Å². The molecule has 0 aromatic heterocycles. The van der Waals surface area contributed by atoms with Crippen LogP contribution in [0.1, 0.15) is 6.92 Å². The third-order valence-corrected chi connectivity index (χ3v) is 3.86. The van der Waals surface area contributed by atoms with E-state index in [0.29, 0.717) is 0 Å². The second kappa shape index (κ2) is 7.11. The van der Waals surface area contributed by atoms with Crippen molar-refractivity contribution >= 4 is 40.9 Å². The molecule has 0 unspecified atom stereocenters. The van der Waals surface area contributed by atoms with Crippen molar-refractivity contribution < 1.29 is 19.6 Å². The number of nitrogens with zero attached hydrogens (tertiary/aromatic N) is 1. The number of carbonyl (C=O) groups excluding carboxylic acids is 1. The number of carbonyl (C=O) groups is 2. The van der Waals surface area contributed by atoms with Crippen molar-refractivity contribution in [2.75, 3.05) is 5.75 Å². The van der Waals surface area contributed by atoms with Gasteiger partial charge in [-0.3, -0.25) is 14.9 Å². The number of nitrogens with one attached hydrogen (secondary N) is 1. The fourth-order valence-electron chi connectivity index (χ4n) is 1.37. The summed E-state index contributed by atoms with van der Waals surface area (Å²) in [4.78, 5) is 32.3. The number of nitro benzene ring substituents is 1. The van der Waals surface area contributed by atoms with Gasteiger partial charge in [0.25, 0.3) is 5.69 Å². The fraction of sp³-hybridized carbons (Fsp3) is 0.273. The highest BCUT2D eigenvalue weighted by atomic mass is 35.5. The van der Waals surface area contributed by atoms with E-state index in [1.807, 2.05) is 0 Å². The molecule has 0 heterocycles. The number of carboxylic acid groups (broad SMARTS) is 1. The first-order valence-corrected chi connectivity index (χ1v) is 6.75. The Morgan fingerprint density at radius 1 is 1.55 bits per heavy atom. The number of benzene rings is 1. The van der Waals surface area contributed by atoms with E-state index in [9.17, 15) is 19.7 Å². The van der Waals surface area contributed by atoms with Crippen LogP contribution in [0.15, 0.2) is 23.1 Å². The predicted octanol–water partition coefficient (Wildman–Crippen LogP) is 1.93. The van der Waals surface area contributed by atoms with Crippen LogP contribution in [0.25, 0.3) is 0 Å². The second-order valence-corrected chi connectivity index (χ2v) is 5.19. The Hall–Kier alpha value is -1.80. The summed E-state index contributed by atoms with van der Waals surface area (Å²) in [6.07, 6.45) is 0. The smallest absolute Gasteiger partial charge is 0.327 e. The van der Waals surface area contributed by atoms with Crippen LogP contribution >= 0.6 is 23.4 Å². The molecule has 0 aliphatic heterocycles. The zero-order chi connectivity index (χ0) is 15.3.